The Morgan fingerprint density at radius 1 is 1.26 bits per heavy atom. The molecule has 1 aromatic rings. The average molecular weight is 329 g/mol. The zero-order valence-corrected chi connectivity index (χ0v) is 12.7. The SMILES string of the molecule is CC1(CNC(=O)C2(c3cccc(C(F)(F)F)c3)CC2)OCCO1. The number of hydrogen-bond acceptors (Lipinski definition) is 3. The van der Waals surface area contributed by atoms with Gasteiger partial charge >= 0.3 is 6.18 Å². The zero-order valence-electron chi connectivity index (χ0n) is 12.7. The van der Waals surface area contributed by atoms with Crippen molar-refractivity contribution in [2.45, 2.75) is 37.1 Å². The van der Waals surface area contributed by atoms with Gasteiger partial charge in [-0.15, -0.1) is 0 Å². The molecule has 1 aliphatic carbocycles. The minimum absolute atomic E-state index is 0.173. The summed E-state index contributed by atoms with van der Waals surface area (Å²) in [7, 11) is 0. The van der Waals surface area contributed by atoms with Crippen molar-refractivity contribution in [1.29, 1.82) is 0 Å². The van der Waals surface area contributed by atoms with E-state index < -0.39 is 22.9 Å². The van der Waals surface area contributed by atoms with E-state index in [0.717, 1.165) is 12.1 Å². The van der Waals surface area contributed by atoms with Crippen LogP contribution in [0, 0.1) is 0 Å². The monoisotopic (exact) mass is 329 g/mol. The van der Waals surface area contributed by atoms with Gasteiger partial charge in [-0.1, -0.05) is 18.2 Å². The molecule has 0 bridgehead atoms. The summed E-state index contributed by atoms with van der Waals surface area (Å²) in [6.07, 6.45) is -3.33. The molecule has 1 aliphatic heterocycles. The summed E-state index contributed by atoms with van der Waals surface area (Å²) in [6.45, 7) is 2.83. The summed E-state index contributed by atoms with van der Waals surface area (Å²) >= 11 is 0. The Morgan fingerprint density at radius 2 is 1.91 bits per heavy atom. The number of alkyl halides is 3. The maximum Gasteiger partial charge on any atom is 0.416 e. The standard InChI is InChI=1S/C16H18F3NO3/c1-14(22-7-8-23-14)10-20-13(21)15(5-6-15)11-3-2-4-12(9-11)16(17,18)19/h2-4,9H,5-8,10H2,1H3,(H,20,21). The predicted octanol–water partition coefficient (Wildman–Crippen LogP) is 2.62. The van der Waals surface area contributed by atoms with Crippen molar-refractivity contribution in [3.05, 3.63) is 35.4 Å². The van der Waals surface area contributed by atoms with Crippen molar-refractivity contribution in [1.82, 2.24) is 5.32 Å². The minimum Gasteiger partial charge on any atom is -0.350 e. The van der Waals surface area contributed by atoms with E-state index in [1.807, 2.05) is 0 Å². The molecule has 0 unspecified atom stereocenters. The van der Waals surface area contributed by atoms with Gasteiger partial charge in [0.2, 0.25) is 5.91 Å². The first kappa shape index (κ1) is 16.3. The van der Waals surface area contributed by atoms with Crippen LogP contribution in [0.15, 0.2) is 24.3 Å². The molecular formula is C16H18F3NO3. The number of benzene rings is 1. The number of amides is 1. The molecule has 1 heterocycles. The van der Waals surface area contributed by atoms with Crippen LogP contribution in [0.5, 0.6) is 0 Å². The lowest BCUT2D eigenvalue weighted by atomic mass is 9.93. The molecule has 0 aromatic heterocycles. The number of carbonyl (C=O) groups is 1. The molecular weight excluding hydrogens is 311 g/mol. The van der Waals surface area contributed by atoms with Crippen LogP contribution in [-0.4, -0.2) is 31.5 Å². The average Bonchev–Trinajstić information content (AvgIpc) is 3.21. The summed E-state index contributed by atoms with van der Waals surface area (Å²) < 4.78 is 49.4. The Bertz CT molecular complexity index is 605. The van der Waals surface area contributed by atoms with Crippen LogP contribution in [0.25, 0.3) is 0 Å². The van der Waals surface area contributed by atoms with E-state index in [0.29, 0.717) is 31.6 Å². The van der Waals surface area contributed by atoms with Gasteiger partial charge in [-0.25, -0.2) is 0 Å². The van der Waals surface area contributed by atoms with Crippen molar-refractivity contribution in [3.63, 3.8) is 0 Å². The predicted molar refractivity (Wildman–Crippen MR) is 75.7 cm³/mol. The topological polar surface area (TPSA) is 47.6 Å². The maximum atomic E-state index is 12.8. The molecule has 1 saturated carbocycles. The van der Waals surface area contributed by atoms with Crippen LogP contribution in [0.2, 0.25) is 0 Å². The largest absolute Gasteiger partial charge is 0.416 e. The molecule has 0 atom stereocenters. The highest BCUT2D eigenvalue weighted by molar-refractivity contribution is 5.91. The third-order valence-corrected chi connectivity index (χ3v) is 4.40. The summed E-state index contributed by atoms with van der Waals surface area (Å²) in [5.74, 6) is -1.14. The highest BCUT2D eigenvalue weighted by Crippen LogP contribution is 2.49. The number of ether oxygens (including phenoxy) is 2. The second-order valence-corrected chi connectivity index (χ2v) is 6.17. The van der Waals surface area contributed by atoms with Crippen LogP contribution >= 0.6 is 0 Å². The van der Waals surface area contributed by atoms with Gasteiger partial charge in [0.1, 0.15) is 0 Å². The molecule has 1 aromatic carbocycles. The fourth-order valence-electron chi connectivity index (χ4n) is 2.83. The van der Waals surface area contributed by atoms with E-state index in [4.69, 9.17) is 9.47 Å². The van der Waals surface area contributed by atoms with Crippen molar-refractivity contribution in [2.24, 2.45) is 0 Å². The van der Waals surface area contributed by atoms with E-state index in [1.54, 1.807) is 13.0 Å². The van der Waals surface area contributed by atoms with E-state index in [1.165, 1.54) is 6.07 Å². The Hall–Kier alpha value is -1.60. The molecule has 7 heteroatoms. The molecule has 1 N–H and O–H groups in total. The zero-order chi connectivity index (χ0) is 16.7. The van der Waals surface area contributed by atoms with Crippen LogP contribution in [0.3, 0.4) is 0 Å². The van der Waals surface area contributed by atoms with E-state index in [9.17, 15) is 18.0 Å². The van der Waals surface area contributed by atoms with Gasteiger partial charge in [0.05, 0.1) is 30.7 Å². The number of nitrogens with one attached hydrogen (secondary N) is 1. The Kier molecular flexibility index (Phi) is 3.88. The lowest BCUT2D eigenvalue weighted by Gasteiger charge is -2.24. The van der Waals surface area contributed by atoms with Gasteiger partial charge in [-0.2, -0.15) is 13.2 Å². The van der Waals surface area contributed by atoms with Crippen molar-refractivity contribution in [2.75, 3.05) is 19.8 Å². The molecule has 0 spiro atoms. The van der Waals surface area contributed by atoms with Gasteiger partial charge in [0.15, 0.2) is 5.79 Å². The Balaban J connectivity index is 1.73. The van der Waals surface area contributed by atoms with E-state index >= 15 is 0 Å². The second-order valence-electron chi connectivity index (χ2n) is 6.17. The van der Waals surface area contributed by atoms with Crippen LogP contribution in [-0.2, 0) is 25.9 Å². The van der Waals surface area contributed by atoms with Crippen LogP contribution in [0.1, 0.15) is 30.9 Å². The molecule has 1 saturated heterocycles. The normalized spacial score (nSPS) is 21.9. The fraction of sp³-hybridized carbons (Fsp3) is 0.562. The van der Waals surface area contributed by atoms with Gasteiger partial charge in [-0.3, -0.25) is 4.79 Å². The smallest absolute Gasteiger partial charge is 0.350 e. The molecule has 0 radical (unpaired) electrons. The molecule has 4 nitrogen and oxygen atoms in total. The molecule has 2 fully saturated rings. The molecule has 1 amide bonds. The first-order chi connectivity index (χ1) is 10.8. The molecule has 126 valence electrons. The van der Waals surface area contributed by atoms with Crippen LogP contribution in [0.4, 0.5) is 13.2 Å². The first-order valence-electron chi connectivity index (χ1n) is 7.49. The molecule has 2 aliphatic rings. The summed E-state index contributed by atoms with van der Waals surface area (Å²) in [4.78, 5) is 12.5. The lowest BCUT2D eigenvalue weighted by Crippen LogP contribution is -2.45. The number of halogens is 3. The summed E-state index contributed by atoms with van der Waals surface area (Å²) in [6, 6.07) is 5.00. The van der Waals surface area contributed by atoms with Gasteiger partial charge in [-0.05, 0) is 31.4 Å². The minimum atomic E-state index is -4.42. The van der Waals surface area contributed by atoms with Crippen molar-refractivity contribution in [3.8, 4) is 0 Å². The van der Waals surface area contributed by atoms with Crippen molar-refractivity contribution < 1.29 is 27.4 Å². The summed E-state index contributed by atoms with van der Waals surface area (Å²) in [5.41, 5.74) is -1.19. The molecule has 23 heavy (non-hydrogen) atoms. The van der Waals surface area contributed by atoms with Gasteiger partial charge < -0.3 is 14.8 Å². The second kappa shape index (κ2) is 5.49. The Morgan fingerprint density at radius 3 is 2.48 bits per heavy atom. The van der Waals surface area contributed by atoms with Crippen LogP contribution < -0.4 is 5.32 Å². The highest BCUT2D eigenvalue weighted by Gasteiger charge is 2.52. The summed E-state index contributed by atoms with van der Waals surface area (Å²) in [5, 5.41) is 2.75. The van der Waals surface area contributed by atoms with E-state index in [-0.39, 0.29) is 12.5 Å². The van der Waals surface area contributed by atoms with Gasteiger partial charge in [0, 0.05) is 0 Å². The van der Waals surface area contributed by atoms with Gasteiger partial charge in [0.25, 0.3) is 0 Å². The van der Waals surface area contributed by atoms with E-state index in [2.05, 4.69) is 5.32 Å². The maximum absolute atomic E-state index is 12.8. The lowest BCUT2D eigenvalue weighted by molar-refractivity contribution is -0.146. The number of rotatable bonds is 4. The first-order valence-corrected chi connectivity index (χ1v) is 7.49. The number of carbonyl (C=O) groups excluding carboxylic acids is 1. The third-order valence-electron chi connectivity index (χ3n) is 4.40. The number of hydrogen-bond donors (Lipinski definition) is 1. The highest BCUT2D eigenvalue weighted by atomic mass is 19.4. The molecule has 3 rings (SSSR count). The fourth-order valence-corrected chi connectivity index (χ4v) is 2.83. The van der Waals surface area contributed by atoms with Crippen molar-refractivity contribution >= 4 is 5.91 Å². The third kappa shape index (κ3) is 3.21. The quantitative estimate of drug-likeness (QED) is 0.924. The Labute approximate surface area is 132 Å².